The van der Waals surface area contributed by atoms with E-state index in [0.29, 0.717) is 11.6 Å². The molecule has 1 aromatic heterocycles. The van der Waals surface area contributed by atoms with Crippen molar-refractivity contribution in [2.75, 3.05) is 7.11 Å². The van der Waals surface area contributed by atoms with Crippen LogP contribution in [0.25, 0.3) is 0 Å². The molecule has 0 fully saturated rings. The fourth-order valence-electron chi connectivity index (χ4n) is 0.640. The third-order valence-corrected chi connectivity index (χ3v) is 1.30. The average Bonchev–Trinajstić information content (AvgIpc) is 1.95. The van der Waals surface area contributed by atoms with Crippen molar-refractivity contribution in [3.05, 3.63) is 29.0 Å². The molecule has 0 aromatic carbocycles. The van der Waals surface area contributed by atoms with E-state index < -0.39 is 0 Å². The predicted molar refractivity (Wildman–Crippen MR) is 40.0 cm³/mol. The van der Waals surface area contributed by atoms with Gasteiger partial charge in [0, 0.05) is 13.3 Å². The quantitative estimate of drug-likeness (QED) is 0.654. The minimum absolute atomic E-state index is 0.539. The zero-order chi connectivity index (χ0) is 7.40. The molecule has 0 unspecified atom stereocenters. The molecule has 1 rings (SSSR count). The van der Waals surface area contributed by atoms with Crippen molar-refractivity contribution in [2.45, 2.75) is 6.61 Å². The maximum absolute atomic E-state index is 5.61. The number of halogens is 1. The zero-order valence-corrected chi connectivity index (χ0v) is 6.43. The van der Waals surface area contributed by atoms with Crippen molar-refractivity contribution in [2.24, 2.45) is 0 Å². The number of nitrogens with zero attached hydrogens (tertiary/aromatic N) is 1. The second-order valence-electron chi connectivity index (χ2n) is 1.90. The van der Waals surface area contributed by atoms with Gasteiger partial charge in [0.1, 0.15) is 0 Å². The summed E-state index contributed by atoms with van der Waals surface area (Å²) in [7, 11) is 1.64. The largest absolute Gasteiger partial charge is 0.378 e. The number of hydrogen-bond donors (Lipinski definition) is 0. The average molecular weight is 158 g/mol. The first kappa shape index (κ1) is 7.51. The van der Waals surface area contributed by atoms with Crippen LogP contribution in [0.4, 0.5) is 0 Å². The molecule has 0 saturated heterocycles. The van der Waals surface area contributed by atoms with Crippen molar-refractivity contribution in [3.63, 3.8) is 0 Å². The topological polar surface area (TPSA) is 22.1 Å². The molecule has 2 nitrogen and oxygen atoms in total. The van der Waals surface area contributed by atoms with E-state index in [2.05, 4.69) is 4.98 Å². The molecule has 0 bridgehead atoms. The van der Waals surface area contributed by atoms with Gasteiger partial charge in [0.25, 0.3) is 0 Å². The van der Waals surface area contributed by atoms with Crippen LogP contribution in [0, 0.1) is 0 Å². The Bertz CT molecular complexity index is 197. The first-order chi connectivity index (χ1) is 4.83. The van der Waals surface area contributed by atoms with Crippen LogP contribution in [0.15, 0.2) is 18.3 Å². The van der Waals surface area contributed by atoms with E-state index in [1.165, 1.54) is 0 Å². The minimum Gasteiger partial charge on any atom is -0.378 e. The monoisotopic (exact) mass is 157 g/mol. The molecule has 0 N–H and O–H groups in total. The Morgan fingerprint density at radius 3 is 2.90 bits per heavy atom. The van der Waals surface area contributed by atoms with E-state index in [1.54, 1.807) is 19.4 Å². The van der Waals surface area contributed by atoms with Crippen molar-refractivity contribution >= 4 is 11.6 Å². The lowest BCUT2D eigenvalue weighted by Gasteiger charge is -1.96. The molecule has 1 aromatic rings. The third-order valence-electron chi connectivity index (χ3n) is 1.08. The Balaban J connectivity index is 2.69. The number of methoxy groups -OCH3 is 1. The van der Waals surface area contributed by atoms with Crippen LogP contribution >= 0.6 is 11.6 Å². The Hall–Kier alpha value is -0.600. The normalized spacial score (nSPS) is 9.80. The lowest BCUT2D eigenvalue weighted by molar-refractivity contribution is 0.181. The summed E-state index contributed by atoms with van der Waals surface area (Å²) in [6.45, 7) is 0.539. The first-order valence-corrected chi connectivity index (χ1v) is 3.30. The zero-order valence-electron chi connectivity index (χ0n) is 5.67. The second kappa shape index (κ2) is 3.54. The van der Waals surface area contributed by atoms with Crippen molar-refractivity contribution in [1.29, 1.82) is 0 Å². The Kier molecular flexibility index (Phi) is 2.66. The van der Waals surface area contributed by atoms with E-state index in [0.717, 1.165) is 5.69 Å². The van der Waals surface area contributed by atoms with Gasteiger partial charge in [-0.2, -0.15) is 0 Å². The highest BCUT2D eigenvalue weighted by Crippen LogP contribution is 2.06. The van der Waals surface area contributed by atoms with E-state index in [-0.39, 0.29) is 0 Å². The summed E-state index contributed by atoms with van der Waals surface area (Å²) in [5.41, 5.74) is 0.895. The number of pyridine rings is 1. The van der Waals surface area contributed by atoms with Crippen LogP contribution in [0.2, 0.25) is 5.02 Å². The third kappa shape index (κ3) is 1.97. The van der Waals surface area contributed by atoms with Crippen molar-refractivity contribution in [3.8, 4) is 0 Å². The summed E-state index contributed by atoms with van der Waals surface area (Å²) >= 11 is 5.61. The molecule has 0 radical (unpaired) electrons. The molecule has 0 saturated carbocycles. The number of hydrogen-bond acceptors (Lipinski definition) is 2. The molecule has 0 atom stereocenters. The molecule has 0 amide bonds. The Morgan fingerprint density at radius 2 is 2.40 bits per heavy atom. The fourth-order valence-corrected chi connectivity index (χ4v) is 0.751. The van der Waals surface area contributed by atoms with Crippen molar-refractivity contribution in [1.82, 2.24) is 4.98 Å². The van der Waals surface area contributed by atoms with Gasteiger partial charge in [-0.3, -0.25) is 4.98 Å². The van der Waals surface area contributed by atoms with Crippen LogP contribution in [-0.2, 0) is 11.3 Å². The van der Waals surface area contributed by atoms with Gasteiger partial charge in [-0.25, -0.2) is 0 Å². The van der Waals surface area contributed by atoms with Gasteiger partial charge in [-0.15, -0.1) is 0 Å². The highest BCUT2D eigenvalue weighted by molar-refractivity contribution is 6.30. The van der Waals surface area contributed by atoms with Gasteiger partial charge in [-0.05, 0) is 12.1 Å². The minimum atomic E-state index is 0.539. The van der Waals surface area contributed by atoms with Crippen molar-refractivity contribution < 1.29 is 4.74 Å². The molecule has 54 valence electrons. The van der Waals surface area contributed by atoms with Gasteiger partial charge in [0.2, 0.25) is 0 Å². The summed E-state index contributed by atoms with van der Waals surface area (Å²) in [6.07, 6.45) is 1.61. The first-order valence-electron chi connectivity index (χ1n) is 2.92. The summed E-state index contributed by atoms with van der Waals surface area (Å²) in [5, 5.41) is 0.653. The number of aromatic nitrogens is 1. The molecule has 0 spiro atoms. The molecule has 1 heterocycles. The molecule has 10 heavy (non-hydrogen) atoms. The molecule has 0 aliphatic carbocycles. The van der Waals surface area contributed by atoms with Crippen LogP contribution in [0.1, 0.15) is 5.69 Å². The molecular formula is C7H8ClNO. The van der Waals surface area contributed by atoms with Crippen LogP contribution in [0.3, 0.4) is 0 Å². The molecule has 3 heteroatoms. The molecule has 0 aliphatic heterocycles. The Morgan fingerprint density at radius 1 is 1.60 bits per heavy atom. The van der Waals surface area contributed by atoms with E-state index >= 15 is 0 Å². The summed E-state index contributed by atoms with van der Waals surface area (Å²) in [6, 6.07) is 3.63. The highest BCUT2D eigenvalue weighted by Gasteiger charge is 1.91. The smallest absolute Gasteiger partial charge is 0.0884 e. The SMILES string of the molecule is COCc1ccc(Cl)cn1. The van der Waals surface area contributed by atoms with E-state index in [9.17, 15) is 0 Å². The highest BCUT2D eigenvalue weighted by atomic mass is 35.5. The number of ether oxygens (including phenoxy) is 1. The van der Waals surface area contributed by atoms with Crippen LogP contribution in [-0.4, -0.2) is 12.1 Å². The lowest BCUT2D eigenvalue weighted by atomic mass is 10.4. The lowest BCUT2D eigenvalue weighted by Crippen LogP contribution is -1.89. The van der Waals surface area contributed by atoms with Crippen LogP contribution in [0.5, 0.6) is 0 Å². The van der Waals surface area contributed by atoms with Gasteiger partial charge >= 0.3 is 0 Å². The summed E-state index contributed by atoms with van der Waals surface area (Å²) in [5.74, 6) is 0. The molecule has 0 aliphatic rings. The van der Waals surface area contributed by atoms with E-state index in [4.69, 9.17) is 16.3 Å². The molecular weight excluding hydrogens is 150 g/mol. The Labute approximate surface area is 64.8 Å². The fraction of sp³-hybridized carbons (Fsp3) is 0.286. The summed E-state index contributed by atoms with van der Waals surface area (Å²) in [4.78, 5) is 4.01. The second-order valence-corrected chi connectivity index (χ2v) is 2.34. The van der Waals surface area contributed by atoms with Gasteiger partial charge < -0.3 is 4.74 Å². The van der Waals surface area contributed by atoms with Gasteiger partial charge in [0.05, 0.1) is 17.3 Å². The summed E-state index contributed by atoms with van der Waals surface area (Å²) < 4.78 is 4.86. The maximum atomic E-state index is 5.61. The standard InChI is InChI=1S/C7H8ClNO/c1-10-5-7-3-2-6(8)4-9-7/h2-4H,5H2,1H3. The van der Waals surface area contributed by atoms with Gasteiger partial charge in [0.15, 0.2) is 0 Å². The van der Waals surface area contributed by atoms with Gasteiger partial charge in [-0.1, -0.05) is 11.6 Å². The number of rotatable bonds is 2. The predicted octanol–water partition coefficient (Wildman–Crippen LogP) is 1.88. The van der Waals surface area contributed by atoms with Crippen LogP contribution < -0.4 is 0 Å². The maximum Gasteiger partial charge on any atom is 0.0884 e. The van der Waals surface area contributed by atoms with E-state index in [1.807, 2.05) is 6.07 Å².